The van der Waals surface area contributed by atoms with Gasteiger partial charge in [0.15, 0.2) is 5.43 Å². The number of nitrogens with zero attached hydrogens (tertiary/aromatic N) is 1. The van der Waals surface area contributed by atoms with Gasteiger partial charge in [-0.3, -0.25) is 4.79 Å². The number of hydrogen-bond donors (Lipinski definition) is 1. The molecule has 1 aromatic carbocycles. The van der Waals surface area contributed by atoms with E-state index in [-0.39, 0.29) is 5.43 Å². The summed E-state index contributed by atoms with van der Waals surface area (Å²) in [5.74, 6) is 1.58. The van der Waals surface area contributed by atoms with E-state index in [0.717, 1.165) is 31.0 Å². The normalized spacial score (nSPS) is 10.7. The number of fused-ring (bicyclic) bond motifs is 1. The summed E-state index contributed by atoms with van der Waals surface area (Å²) in [6.07, 6.45) is 3.35. The highest BCUT2D eigenvalue weighted by Crippen LogP contribution is 2.12. The summed E-state index contributed by atoms with van der Waals surface area (Å²) in [6, 6.07) is 14.7. The Kier molecular flexibility index (Phi) is 3.96. The standard InChI is InChI=1S/C17H16N2O2/c20-15-12-13(21-16-8-2-1-7-14(15)16)6-5-11-19-17-9-3-4-10-18-17/h1-4,7-10,12H,5-6,11H2,(H,18,19). The van der Waals surface area contributed by atoms with Gasteiger partial charge in [-0.15, -0.1) is 0 Å². The van der Waals surface area contributed by atoms with Crippen LogP contribution in [0, 0.1) is 0 Å². The average Bonchev–Trinajstić information content (AvgIpc) is 2.53. The van der Waals surface area contributed by atoms with Crippen LogP contribution >= 0.6 is 0 Å². The lowest BCUT2D eigenvalue weighted by molar-refractivity contribution is 0.529. The maximum Gasteiger partial charge on any atom is 0.192 e. The third kappa shape index (κ3) is 3.28. The minimum absolute atomic E-state index is 0.0181. The Bertz CT molecular complexity index is 781. The molecule has 0 aliphatic carbocycles. The maximum atomic E-state index is 12.0. The monoisotopic (exact) mass is 280 g/mol. The summed E-state index contributed by atoms with van der Waals surface area (Å²) in [6.45, 7) is 0.785. The molecule has 4 nitrogen and oxygen atoms in total. The molecule has 0 fully saturated rings. The summed E-state index contributed by atoms with van der Waals surface area (Å²) < 4.78 is 5.75. The van der Waals surface area contributed by atoms with Crippen LogP contribution in [0.4, 0.5) is 5.82 Å². The van der Waals surface area contributed by atoms with E-state index in [9.17, 15) is 4.79 Å². The Morgan fingerprint density at radius 1 is 1.10 bits per heavy atom. The number of nitrogens with one attached hydrogen (secondary N) is 1. The van der Waals surface area contributed by atoms with Gasteiger partial charge in [-0.05, 0) is 30.7 Å². The number of benzene rings is 1. The van der Waals surface area contributed by atoms with Crippen molar-refractivity contribution in [1.29, 1.82) is 0 Å². The molecule has 0 aliphatic rings. The Morgan fingerprint density at radius 3 is 2.81 bits per heavy atom. The molecule has 0 bridgehead atoms. The molecule has 4 heteroatoms. The molecule has 0 amide bonds. The second kappa shape index (κ2) is 6.22. The van der Waals surface area contributed by atoms with Crippen LogP contribution in [0.2, 0.25) is 0 Å². The minimum Gasteiger partial charge on any atom is -0.461 e. The maximum absolute atomic E-state index is 12.0. The number of aromatic nitrogens is 1. The first-order valence-corrected chi connectivity index (χ1v) is 6.99. The third-order valence-corrected chi connectivity index (χ3v) is 3.26. The minimum atomic E-state index is 0.0181. The van der Waals surface area contributed by atoms with Gasteiger partial charge >= 0.3 is 0 Å². The van der Waals surface area contributed by atoms with Crippen LogP contribution in [0.1, 0.15) is 12.2 Å². The SMILES string of the molecule is O=c1cc(CCCNc2ccccn2)oc2ccccc12. The third-order valence-electron chi connectivity index (χ3n) is 3.26. The van der Waals surface area contributed by atoms with Gasteiger partial charge < -0.3 is 9.73 Å². The fourth-order valence-corrected chi connectivity index (χ4v) is 2.22. The predicted octanol–water partition coefficient (Wildman–Crippen LogP) is 3.23. The van der Waals surface area contributed by atoms with Crippen molar-refractivity contribution < 1.29 is 4.42 Å². The fraction of sp³-hybridized carbons (Fsp3) is 0.176. The van der Waals surface area contributed by atoms with Crippen LogP contribution in [0.3, 0.4) is 0 Å². The summed E-state index contributed by atoms with van der Waals surface area (Å²) in [4.78, 5) is 16.2. The van der Waals surface area contributed by atoms with E-state index in [4.69, 9.17) is 4.42 Å². The molecule has 1 N–H and O–H groups in total. The molecule has 3 rings (SSSR count). The van der Waals surface area contributed by atoms with Gasteiger partial charge in [-0.25, -0.2) is 4.98 Å². The van der Waals surface area contributed by atoms with Crippen LogP contribution < -0.4 is 10.7 Å². The van der Waals surface area contributed by atoms with E-state index in [1.165, 1.54) is 0 Å². The van der Waals surface area contributed by atoms with E-state index in [2.05, 4.69) is 10.3 Å². The Morgan fingerprint density at radius 2 is 1.95 bits per heavy atom. The zero-order chi connectivity index (χ0) is 14.5. The van der Waals surface area contributed by atoms with Crippen molar-refractivity contribution in [3.8, 4) is 0 Å². The Labute approximate surface area is 122 Å². The van der Waals surface area contributed by atoms with Gasteiger partial charge in [0.2, 0.25) is 0 Å². The zero-order valence-electron chi connectivity index (χ0n) is 11.6. The van der Waals surface area contributed by atoms with Crippen molar-refractivity contribution in [3.05, 3.63) is 70.7 Å². The molecule has 0 saturated carbocycles. The lowest BCUT2D eigenvalue weighted by atomic mass is 10.2. The fourth-order valence-electron chi connectivity index (χ4n) is 2.22. The molecule has 0 unspecified atom stereocenters. The first-order valence-electron chi connectivity index (χ1n) is 6.99. The smallest absolute Gasteiger partial charge is 0.192 e. The summed E-state index contributed by atoms with van der Waals surface area (Å²) in [7, 11) is 0. The molecule has 0 saturated heterocycles. The Hall–Kier alpha value is -2.62. The average molecular weight is 280 g/mol. The zero-order valence-corrected chi connectivity index (χ0v) is 11.6. The van der Waals surface area contributed by atoms with E-state index in [0.29, 0.717) is 11.0 Å². The van der Waals surface area contributed by atoms with E-state index < -0.39 is 0 Å². The van der Waals surface area contributed by atoms with Crippen molar-refractivity contribution in [1.82, 2.24) is 4.98 Å². The van der Waals surface area contributed by atoms with Crippen LogP contribution in [-0.2, 0) is 6.42 Å². The molecule has 2 heterocycles. The van der Waals surface area contributed by atoms with E-state index >= 15 is 0 Å². The van der Waals surface area contributed by atoms with Gasteiger partial charge in [0.05, 0.1) is 5.39 Å². The topological polar surface area (TPSA) is 55.1 Å². The summed E-state index contributed by atoms with van der Waals surface area (Å²) >= 11 is 0. The largest absolute Gasteiger partial charge is 0.461 e. The molecular formula is C17H16N2O2. The number of rotatable bonds is 5. The van der Waals surface area contributed by atoms with Crippen LogP contribution in [0.15, 0.2) is 63.9 Å². The predicted molar refractivity (Wildman–Crippen MR) is 83.5 cm³/mol. The van der Waals surface area contributed by atoms with Crippen molar-refractivity contribution >= 4 is 16.8 Å². The number of para-hydroxylation sites is 1. The number of anilines is 1. The van der Waals surface area contributed by atoms with Gasteiger partial charge in [0.1, 0.15) is 17.2 Å². The molecular weight excluding hydrogens is 264 g/mol. The van der Waals surface area contributed by atoms with Gasteiger partial charge in [0.25, 0.3) is 0 Å². The molecule has 106 valence electrons. The van der Waals surface area contributed by atoms with E-state index in [1.54, 1.807) is 18.3 Å². The highest BCUT2D eigenvalue weighted by molar-refractivity contribution is 5.76. The van der Waals surface area contributed by atoms with Gasteiger partial charge in [0, 0.05) is 25.2 Å². The summed E-state index contributed by atoms with van der Waals surface area (Å²) in [5, 5.41) is 3.87. The molecule has 21 heavy (non-hydrogen) atoms. The van der Waals surface area contributed by atoms with Crippen molar-refractivity contribution in [2.75, 3.05) is 11.9 Å². The molecule has 0 radical (unpaired) electrons. The second-order valence-electron chi connectivity index (χ2n) is 4.82. The highest BCUT2D eigenvalue weighted by atomic mass is 16.3. The molecule has 0 aliphatic heterocycles. The van der Waals surface area contributed by atoms with Crippen LogP contribution in [-0.4, -0.2) is 11.5 Å². The lowest BCUT2D eigenvalue weighted by Gasteiger charge is -2.05. The van der Waals surface area contributed by atoms with Crippen molar-refractivity contribution in [2.24, 2.45) is 0 Å². The highest BCUT2D eigenvalue weighted by Gasteiger charge is 2.03. The van der Waals surface area contributed by atoms with E-state index in [1.807, 2.05) is 36.4 Å². The first kappa shape index (κ1) is 13.4. The van der Waals surface area contributed by atoms with Crippen LogP contribution in [0.25, 0.3) is 11.0 Å². The van der Waals surface area contributed by atoms with Gasteiger partial charge in [-0.1, -0.05) is 18.2 Å². The van der Waals surface area contributed by atoms with Crippen molar-refractivity contribution in [2.45, 2.75) is 12.8 Å². The molecule has 0 spiro atoms. The molecule has 0 atom stereocenters. The number of aryl methyl sites for hydroxylation is 1. The Balaban J connectivity index is 1.62. The molecule has 2 aromatic heterocycles. The van der Waals surface area contributed by atoms with Crippen LogP contribution in [0.5, 0.6) is 0 Å². The number of pyridine rings is 1. The number of hydrogen-bond acceptors (Lipinski definition) is 4. The second-order valence-corrected chi connectivity index (χ2v) is 4.82. The van der Waals surface area contributed by atoms with Gasteiger partial charge in [-0.2, -0.15) is 0 Å². The first-order chi connectivity index (χ1) is 10.3. The summed E-state index contributed by atoms with van der Waals surface area (Å²) in [5.41, 5.74) is 0.669. The quantitative estimate of drug-likeness (QED) is 0.729. The van der Waals surface area contributed by atoms with Crippen molar-refractivity contribution in [3.63, 3.8) is 0 Å². The molecule has 3 aromatic rings. The lowest BCUT2D eigenvalue weighted by Crippen LogP contribution is -2.06.